The molecule has 0 saturated carbocycles. The second kappa shape index (κ2) is 8.01. The van der Waals surface area contributed by atoms with Crippen LogP contribution in [0.25, 0.3) is 5.76 Å². The minimum Gasteiger partial charge on any atom is -0.507 e. The van der Waals surface area contributed by atoms with Crippen LogP contribution in [0.5, 0.6) is 0 Å². The number of hydrogen-bond acceptors (Lipinski definition) is 4. The lowest BCUT2D eigenvalue weighted by molar-refractivity contribution is -0.140. The Hall–Kier alpha value is -2.63. The zero-order valence-electron chi connectivity index (χ0n) is 16.1. The highest BCUT2D eigenvalue weighted by Gasteiger charge is 2.47. The van der Waals surface area contributed by atoms with Crippen molar-refractivity contribution in [3.8, 4) is 0 Å². The molecule has 2 aliphatic rings. The zero-order chi connectivity index (χ0) is 20.5. The van der Waals surface area contributed by atoms with Gasteiger partial charge in [0, 0.05) is 23.7 Å². The van der Waals surface area contributed by atoms with E-state index >= 15 is 0 Å². The normalized spacial score (nSPS) is 23.7. The van der Waals surface area contributed by atoms with Crippen molar-refractivity contribution in [2.45, 2.75) is 31.9 Å². The molecule has 2 aromatic rings. The van der Waals surface area contributed by atoms with Crippen LogP contribution in [0.1, 0.15) is 35.6 Å². The van der Waals surface area contributed by atoms with Crippen molar-refractivity contribution < 1.29 is 19.4 Å². The van der Waals surface area contributed by atoms with Gasteiger partial charge in [-0.25, -0.2) is 0 Å². The van der Waals surface area contributed by atoms with E-state index in [0.29, 0.717) is 23.7 Å². The van der Waals surface area contributed by atoms with E-state index in [4.69, 9.17) is 16.3 Å². The summed E-state index contributed by atoms with van der Waals surface area (Å²) in [5.41, 5.74) is 2.40. The quantitative estimate of drug-likeness (QED) is 0.464. The number of likely N-dealkylation sites (tertiary alicyclic amines) is 1. The average Bonchev–Trinajstić information content (AvgIpc) is 3.31. The van der Waals surface area contributed by atoms with Gasteiger partial charge in [0.2, 0.25) is 0 Å². The summed E-state index contributed by atoms with van der Waals surface area (Å²) in [6, 6.07) is 13.5. The van der Waals surface area contributed by atoms with E-state index in [2.05, 4.69) is 0 Å². The van der Waals surface area contributed by atoms with Gasteiger partial charge in [-0.2, -0.15) is 0 Å². The Morgan fingerprint density at radius 3 is 2.45 bits per heavy atom. The molecule has 2 fully saturated rings. The fraction of sp³-hybridized carbons (Fsp3) is 0.304. The number of aliphatic hydroxyl groups is 1. The smallest absolute Gasteiger partial charge is 0.295 e. The molecule has 2 saturated heterocycles. The van der Waals surface area contributed by atoms with Crippen molar-refractivity contribution >= 4 is 29.1 Å². The van der Waals surface area contributed by atoms with Gasteiger partial charge in [0.05, 0.1) is 17.7 Å². The number of carbonyl (C=O) groups is 2. The van der Waals surface area contributed by atoms with Crippen molar-refractivity contribution in [3.63, 3.8) is 0 Å². The maximum absolute atomic E-state index is 12.9. The highest BCUT2D eigenvalue weighted by molar-refractivity contribution is 6.46. The van der Waals surface area contributed by atoms with Gasteiger partial charge in [-0.3, -0.25) is 9.59 Å². The summed E-state index contributed by atoms with van der Waals surface area (Å²) in [6.45, 7) is 2.95. The fourth-order valence-corrected chi connectivity index (χ4v) is 4.06. The van der Waals surface area contributed by atoms with E-state index in [-0.39, 0.29) is 17.4 Å². The molecule has 2 heterocycles. The first kappa shape index (κ1) is 19.7. The SMILES string of the molecule is Cc1ccc([C@H]2C(=C(O)c3ccc(Cl)cc3)C(=O)C(=O)N2C[C@@H]2CCCO2)cc1. The van der Waals surface area contributed by atoms with Gasteiger partial charge in [-0.05, 0) is 49.6 Å². The van der Waals surface area contributed by atoms with Crippen LogP contribution >= 0.6 is 11.6 Å². The highest BCUT2D eigenvalue weighted by Crippen LogP contribution is 2.40. The standard InChI is InChI=1S/C23H22ClNO4/c1-14-4-6-15(7-5-14)20-19(21(26)16-8-10-17(24)11-9-16)22(27)23(28)25(20)13-18-3-2-12-29-18/h4-11,18,20,26H,2-3,12-13H2,1H3/t18-,20-/m0/s1. The van der Waals surface area contributed by atoms with Crippen LogP contribution in [-0.2, 0) is 14.3 Å². The average molecular weight is 412 g/mol. The van der Waals surface area contributed by atoms with Gasteiger partial charge in [-0.1, -0.05) is 41.4 Å². The molecule has 1 amide bonds. The van der Waals surface area contributed by atoms with E-state index in [1.54, 1.807) is 24.3 Å². The lowest BCUT2D eigenvalue weighted by Gasteiger charge is -2.27. The monoisotopic (exact) mass is 411 g/mol. The number of ketones is 1. The minimum absolute atomic E-state index is 0.0965. The summed E-state index contributed by atoms with van der Waals surface area (Å²) in [6.07, 6.45) is 1.69. The predicted octanol–water partition coefficient (Wildman–Crippen LogP) is 4.25. The van der Waals surface area contributed by atoms with Crippen LogP contribution < -0.4 is 0 Å². The number of amides is 1. The van der Waals surface area contributed by atoms with Crippen LogP contribution in [0.2, 0.25) is 5.02 Å². The van der Waals surface area contributed by atoms with Crippen LogP contribution in [0.4, 0.5) is 0 Å². The molecule has 2 aliphatic heterocycles. The molecular formula is C23H22ClNO4. The number of halogens is 1. The van der Waals surface area contributed by atoms with Gasteiger partial charge in [0.1, 0.15) is 5.76 Å². The summed E-state index contributed by atoms with van der Waals surface area (Å²) in [7, 11) is 0. The van der Waals surface area contributed by atoms with E-state index in [0.717, 1.165) is 24.0 Å². The van der Waals surface area contributed by atoms with Crippen molar-refractivity contribution in [1.29, 1.82) is 0 Å². The summed E-state index contributed by atoms with van der Waals surface area (Å²) >= 11 is 5.94. The Balaban J connectivity index is 1.81. The minimum atomic E-state index is -0.680. The molecule has 2 aromatic carbocycles. The van der Waals surface area contributed by atoms with Gasteiger partial charge >= 0.3 is 0 Å². The molecule has 1 N–H and O–H groups in total. The molecule has 0 unspecified atom stereocenters. The molecule has 150 valence electrons. The van der Waals surface area contributed by atoms with Gasteiger partial charge in [0.15, 0.2) is 0 Å². The summed E-state index contributed by atoms with van der Waals surface area (Å²) < 4.78 is 5.70. The number of ether oxygens (including phenoxy) is 1. The Morgan fingerprint density at radius 1 is 1.14 bits per heavy atom. The number of aryl methyl sites for hydroxylation is 1. The number of carbonyl (C=O) groups excluding carboxylic acids is 2. The first-order valence-corrected chi connectivity index (χ1v) is 10.1. The molecule has 5 nitrogen and oxygen atoms in total. The van der Waals surface area contributed by atoms with Crippen molar-refractivity contribution in [1.82, 2.24) is 4.90 Å². The third kappa shape index (κ3) is 3.80. The van der Waals surface area contributed by atoms with Crippen LogP contribution in [0.15, 0.2) is 54.1 Å². The predicted molar refractivity (Wildman–Crippen MR) is 111 cm³/mol. The first-order chi connectivity index (χ1) is 14.0. The Labute approximate surface area is 174 Å². The maximum atomic E-state index is 12.9. The van der Waals surface area contributed by atoms with Gasteiger partial charge in [0.25, 0.3) is 11.7 Å². The Bertz CT molecular complexity index is 959. The van der Waals surface area contributed by atoms with Crippen molar-refractivity contribution in [2.75, 3.05) is 13.2 Å². The first-order valence-electron chi connectivity index (χ1n) is 9.68. The number of benzene rings is 2. The largest absolute Gasteiger partial charge is 0.507 e. The molecular weight excluding hydrogens is 390 g/mol. The van der Waals surface area contributed by atoms with Crippen LogP contribution in [0, 0.1) is 6.92 Å². The van der Waals surface area contributed by atoms with E-state index in [9.17, 15) is 14.7 Å². The van der Waals surface area contributed by atoms with Gasteiger partial charge < -0.3 is 14.7 Å². The van der Waals surface area contributed by atoms with E-state index in [1.807, 2.05) is 31.2 Å². The molecule has 29 heavy (non-hydrogen) atoms. The molecule has 6 heteroatoms. The second-order valence-corrected chi connectivity index (χ2v) is 7.94. The van der Waals surface area contributed by atoms with E-state index in [1.165, 1.54) is 4.90 Å². The van der Waals surface area contributed by atoms with Gasteiger partial charge in [-0.15, -0.1) is 0 Å². The van der Waals surface area contributed by atoms with Crippen molar-refractivity contribution in [2.24, 2.45) is 0 Å². The number of nitrogens with zero attached hydrogens (tertiary/aromatic N) is 1. The molecule has 0 radical (unpaired) electrons. The zero-order valence-corrected chi connectivity index (χ0v) is 16.9. The number of rotatable bonds is 4. The second-order valence-electron chi connectivity index (χ2n) is 7.50. The molecule has 0 aromatic heterocycles. The van der Waals surface area contributed by atoms with Crippen molar-refractivity contribution in [3.05, 3.63) is 75.8 Å². The van der Waals surface area contributed by atoms with Crippen LogP contribution in [0.3, 0.4) is 0 Å². The lowest BCUT2D eigenvalue weighted by atomic mass is 9.94. The van der Waals surface area contributed by atoms with Crippen LogP contribution in [-0.4, -0.2) is 41.0 Å². The summed E-state index contributed by atoms with van der Waals surface area (Å²) in [4.78, 5) is 27.4. The molecule has 2 atom stereocenters. The summed E-state index contributed by atoms with van der Waals surface area (Å²) in [5, 5.41) is 11.5. The number of Topliss-reactive ketones (excluding diaryl/α,β-unsaturated/α-hetero) is 1. The molecule has 0 aliphatic carbocycles. The Kier molecular flexibility index (Phi) is 5.43. The third-order valence-corrected chi connectivity index (χ3v) is 5.73. The highest BCUT2D eigenvalue weighted by atomic mass is 35.5. The third-order valence-electron chi connectivity index (χ3n) is 5.48. The molecule has 0 bridgehead atoms. The lowest BCUT2D eigenvalue weighted by Crippen LogP contribution is -2.36. The molecule has 4 rings (SSSR count). The topological polar surface area (TPSA) is 66.8 Å². The maximum Gasteiger partial charge on any atom is 0.295 e. The summed E-state index contributed by atoms with van der Waals surface area (Å²) in [5.74, 6) is -1.48. The molecule has 0 spiro atoms. The number of aliphatic hydroxyl groups excluding tert-OH is 1. The fourth-order valence-electron chi connectivity index (χ4n) is 3.93. The number of hydrogen-bond donors (Lipinski definition) is 1. The van der Waals surface area contributed by atoms with E-state index < -0.39 is 17.7 Å². The Morgan fingerprint density at radius 2 is 1.83 bits per heavy atom.